The van der Waals surface area contributed by atoms with Gasteiger partial charge in [0.25, 0.3) is 0 Å². The molecule has 2 atom stereocenters. The van der Waals surface area contributed by atoms with Crippen LogP contribution >= 0.6 is 0 Å². The van der Waals surface area contributed by atoms with Gasteiger partial charge in [0.05, 0.1) is 0 Å². The van der Waals surface area contributed by atoms with E-state index in [4.69, 9.17) is 0 Å². The van der Waals surface area contributed by atoms with Gasteiger partial charge in [0.1, 0.15) is 0 Å². The van der Waals surface area contributed by atoms with E-state index in [-0.39, 0.29) is 0 Å². The van der Waals surface area contributed by atoms with Crippen molar-refractivity contribution in [2.75, 3.05) is 13.3 Å². The van der Waals surface area contributed by atoms with Gasteiger partial charge in [-0.1, -0.05) is 0 Å². The average molecular weight is 222 g/mol. The van der Waals surface area contributed by atoms with E-state index in [2.05, 4.69) is 9.47 Å². The molecule has 0 radical (unpaired) electrons. The Morgan fingerprint density at radius 2 is 1.36 bits per heavy atom. The normalized spacial score (nSPS) is 36.6. The van der Waals surface area contributed by atoms with E-state index in [0.717, 1.165) is 0 Å². The van der Waals surface area contributed by atoms with E-state index in [1.54, 1.807) is 0 Å². The molecular weight excluding hydrogens is 218 g/mol. The standard InChI is InChI=1S/C6H4F6O2/c7-1-5(11)6(12,2-8)14-4(13-5)3(9)10/h1-2H2. The van der Waals surface area contributed by atoms with Gasteiger partial charge in [-0.25, -0.2) is 8.78 Å². The van der Waals surface area contributed by atoms with E-state index in [1.807, 2.05) is 0 Å². The van der Waals surface area contributed by atoms with Crippen molar-refractivity contribution in [1.82, 2.24) is 0 Å². The number of hydrogen-bond acceptors (Lipinski definition) is 2. The number of rotatable bonds is 2. The molecule has 0 amide bonds. The maximum absolute atomic E-state index is 13.0. The third-order valence-electron chi connectivity index (χ3n) is 1.56. The molecule has 2 nitrogen and oxygen atoms in total. The second kappa shape index (κ2) is 3.25. The Balaban J connectivity index is 3.04. The van der Waals surface area contributed by atoms with Gasteiger partial charge in [0, 0.05) is 0 Å². The van der Waals surface area contributed by atoms with E-state index < -0.39 is 37.1 Å². The van der Waals surface area contributed by atoms with Crippen molar-refractivity contribution >= 4 is 0 Å². The molecule has 0 spiro atoms. The van der Waals surface area contributed by atoms with Gasteiger partial charge in [-0.15, -0.1) is 0 Å². The molecule has 0 saturated carbocycles. The highest BCUT2D eigenvalue weighted by Crippen LogP contribution is 2.45. The van der Waals surface area contributed by atoms with Crippen molar-refractivity contribution in [2.24, 2.45) is 0 Å². The fraction of sp³-hybridized carbons (Fsp3) is 0.667. The zero-order chi connectivity index (χ0) is 11.0. The predicted molar refractivity (Wildman–Crippen MR) is 31.0 cm³/mol. The zero-order valence-electron chi connectivity index (χ0n) is 6.50. The number of alkyl halides is 4. The third-order valence-corrected chi connectivity index (χ3v) is 1.56. The van der Waals surface area contributed by atoms with Gasteiger partial charge in [-0.05, 0) is 0 Å². The van der Waals surface area contributed by atoms with E-state index in [1.165, 1.54) is 0 Å². The number of ether oxygens (including phenoxy) is 2. The largest absolute Gasteiger partial charge is 0.414 e. The lowest BCUT2D eigenvalue weighted by atomic mass is 10.2. The first kappa shape index (κ1) is 11.0. The molecule has 8 heteroatoms. The summed E-state index contributed by atoms with van der Waals surface area (Å²) in [6.45, 7) is -4.30. The number of halogens is 6. The summed E-state index contributed by atoms with van der Waals surface area (Å²) in [6, 6.07) is 0. The quantitative estimate of drug-likeness (QED) is 0.667. The third kappa shape index (κ3) is 1.38. The van der Waals surface area contributed by atoms with Crippen molar-refractivity contribution in [1.29, 1.82) is 0 Å². The topological polar surface area (TPSA) is 18.5 Å². The van der Waals surface area contributed by atoms with Gasteiger partial charge in [0.15, 0.2) is 13.3 Å². The molecule has 0 aromatic rings. The molecule has 0 aliphatic carbocycles. The Kier molecular flexibility index (Phi) is 2.55. The summed E-state index contributed by atoms with van der Waals surface area (Å²) >= 11 is 0. The first-order valence-corrected chi connectivity index (χ1v) is 3.31. The molecular formula is C6H4F6O2. The van der Waals surface area contributed by atoms with E-state index >= 15 is 0 Å². The molecule has 1 rings (SSSR count). The van der Waals surface area contributed by atoms with Crippen molar-refractivity contribution in [2.45, 2.75) is 11.7 Å². The molecule has 1 saturated heterocycles. The first-order valence-electron chi connectivity index (χ1n) is 3.31. The SMILES string of the molecule is FCC1(F)OC(=C(F)F)OC1(F)CF. The van der Waals surface area contributed by atoms with Crippen LogP contribution in [-0.2, 0) is 9.47 Å². The molecule has 1 aliphatic rings. The van der Waals surface area contributed by atoms with Crippen molar-refractivity contribution in [3.63, 3.8) is 0 Å². The van der Waals surface area contributed by atoms with Gasteiger partial charge in [-0.2, -0.15) is 17.6 Å². The Morgan fingerprint density at radius 3 is 1.57 bits per heavy atom. The summed E-state index contributed by atoms with van der Waals surface area (Å²) in [5.74, 6) is -9.59. The molecule has 0 N–H and O–H groups in total. The molecule has 0 bridgehead atoms. The highest BCUT2D eigenvalue weighted by Gasteiger charge is 2.66. The monoisotopic (exact) mass is 222 g/mol. The summed E-state index contributed by atoms with van der Waals surface area (Å²) in [5, 5.41) is 0. The Bertz CT molecular complexity index is 245. The molecule has 14 heavy (non-hydrogen) atoms. The summed E-state index contributed by atoms with van der Waals surface area (Å²) in [7, 11) is 0. The summed E-state index contributed by atoms with van der Waals surface area (Å²) in [6.07, 6.45) is -2.70. The lowest BCUT2D eigenvalue weighted by Gasteiger charge is -2.22. The summed E-state index contributed by atoms with van der Waals surface area (Å²) < 4.78 is 80.4. The molecule has 82 valence electrons. The van der Waals surface area contributed by atoms with Crippen molar-refractivity contribution in [3.8, 4) is 0 Å². The van der Waals surface area contributed by atoms with E-state index in [0.29, 0.717) is 0 Å². The van der Waals surface area contributed by atoms with Crippen LogP contribution in [0.2, 0.25) is 0 Å². The van der Waals surface area contributed by atoms with Gasteiger partial charge in [0.2, 0.25) is 0 Å². The maximum Gasteiger partial charge on any atom is 0.354 e. The molecule has 1 aliphatic heterocycles. The molecule has 1 fully saturated rings. The van der Waals surface area contributed by atoms with Crippen LogP contribution in [0, 0.1) is 0 Å². The fourth-order valence-electron chi connectivity index (χ4n) is 0.798. The van der Waals surface area contributed by atoms with Crippen LogP contribution in [0.4, 0.5) is 26.3 Å². The highest BCUT2D eigenvalue weighted by molar-refractivity contribution is 5.02. The minimum Gasteiger partial charge on any atom is -0.414 e. The van der Waals surface area contributed by atoms with Crippen LogP contribution < -0.4 is 0 Å². The summed E-state index contributed by atoms with van der Waals surface area (Å²) in [5.41, 5.74) is 0. The van der Waals surface area contributed by atoms with Crippen LogP contribution in [0.3, 0.4) is 0 Å². The maximum atomic E-state index is 13.0. The van der Waals surface area contributed by atoms with Gasteiger partial charge < -0.3 is 9.47 Å². The fourth-order valence-corrected chi connectivity index (χ4v) is 0.798. The van der Waals surface area contributed by atoms with Crippen molar-refractivity contribution in [3.05, 3.63) is 12.0 Å². The van der Waals surface area contributed by atoms with Crippen LogP contribution in [-0.4, -0.2) is 25.1 Å². The van der Waals surface area contributed by atoms with Crippen LogP contribution in [0.25, 0.3) is 0 Å². The molecule has 0 aromatic heterocycles. The van der Waals surface area contributed by atoms with Gasteiger partial charge in [-0.3, -0.25) is 0 Å². The first-order chi connectivity index (χ1) is 6.38. The zero-order valence-corrected chi connectivity index (χ0v) is 6.50. The molecule has 0 aromatic carbocycles. The minimum atomic E-state index is -3.87. The van der Waals surface area contributed by atoms with Gasteiger partial charge >= 0.3 is 23.7 Å². The smallest absolute Gasteiger partial charge is 0.354 e. The second-order valence-corrected chi connectivity index (χ2v) is 2.48. The van der Waals surface area contributed by atoms with Crippen LogP contribution in [0.15, 0.2) is 12.0 Å². The van der Waals surface area contributed by atoms with Crippen LogP contribution in [0.5, 0.6) is 0 Å². The highest BCUT2D eigenvalue weighted by atomic mass is 19.3. The molecule has 1 heterocycles. The Hall–Kier alpha value is -1.08. The van der Waals surface area contributed by atoms with Crippen LogP contribution in [0.1, 0.15) is 0 Å². The Labute approximate surface area is 74.1 Å². The lowest BCUT2D eigenvalue weighted by molar-refractivity contribution is -0.226. The molecule has 2 unspecified atom stereocenters. The minimum absolute atomic E-state index is 1.84. The lowest BCUT2D eigenvalue weighted by Crippen LogP contribution is -2.48. The summed E-state index contributed by atoms with van der Waals surface area (Å²) in [4.78, 5) is 0. The average Bonchev–Trinajstić information content (AvgIpc) is 2.41. The Morgan fingerprint density at radius 1 is 1.00 bits per heavy atom. The predicted octanol–water partition coefficient (Wildman–Crippen LogP) is 2.37. The van der Waals surface area contributed by atoms with E-state index in [9.17, 15) is 26.3 Å². The second-order valence-electron chi connectivity index (χ2n) is 2.48. The number of hydrogen-bond donors (Lipinski definition) is 0. The van der Waals surface area contributed by atoms with Crippen molar-refractivity contribution < 1.29 is 35.8 Å².